The molecule has 0 aromatic rings. The van der Waals surface area contributed by atoms with Crippen molar-refractivity contribution in [3.05, 3.63) is 0 Å². The van der Waals surface area contributed by atoms with E-state index in [0.29, 0.717) is 0 Å². The molecule has 0 aliphatic heterocycles. The van der Waals surface area contributed by atoms with Crippen LogP contribution in [0.1, 0.15) is 2.85 Å². The van der Waals surface area contributed by atoms with Crippen molar-refractivity contribution < 1.29 is 8.33 Å². The van der Waals surface area contributed by atoms with Gasteiger partial charge in [0.05, 0.1) is 0 Å². The molecule has 0 atom stereocenters. The standard InChI is InChI=1S/Al.H3N.H2O.H4Si.Sr.5H/h;1H3;1H2;1H4;;;;;;/q;;;;+2;;;;2*-1. The van der Waals surface area contributed by atoms with E-state index >= 15 is 0 Å². The van der Waals surface area contributed by atoms with E-state index in [1.54, 1.807) is 0 Å². The maximum absolute atomic E-state index is 0. The van der Waals surface area contributed by atoms with Crippen molar-refractivity contribution in [3.8, 4) is 0 Å². The van der Waals surface area contributed by atoms with Gasteiger partial charge in [-0.15, -0.1) is 0 Å². The van der Waals surface area contributed by atoms with E-state index in [2.05, 4.69) is 0 Å². The Kier molecular flexibility index (Phi) is 413. The third kappa shape index (κ3) is 22.9. The molecule has 5 heteroatoms. The quantitative estimate of drug-likeness (QED) is 0.393. The van der Waals surface area contributed by atoms with Gasteiger partial charge in [0.1, 0.15) is 0 Å². The van der Waals surface area contributed by atoms with Crippen molar-refractivity contribution in [1.29, 1.82) is 0 Å². The zero-order chi connectivity index (χ0) is 0. The Bertz CT molecular complexity index is 17.7. The van der Waals surface area contributed by atoms with E-state index in [1.807, 2.05) is 0 Å². The topological polar surface area (TPSA) is 66.5 Å². The van der Waals surface area contributed by atoms with Gasteiger partial charge in [-0.2, -0.15) is 0 Å². The maximum atomic E-state index is 0. The zero-order valence-electron chi connectivity index (χ0n) is 3.91. The molecule has 0 aromatic heterocycles. The molecule has 0 aliphatic carbocycles. The Balaban J connectivity index is 0. The van der Waals surface area contributed by atoms with Gasteiger partial charge in [0.2, 0.25) is 0 Å². The first-order chi connectivity index (χ1) is 0. The third-order valence-corrected chi connectivity index (χ3v) is 0. The van der Waals surface area contributed by atoms with Crippen molar-refractivity contribution in [2.45, 2.75) is 0 Å². The van der Waals surface area contributed by atoms with E-state index in [-0.39, 0.29) is 88.3 Å². The van der Waals surface area contributed by atoms with E-state index in [1.165, 1.54) is 0 Å². The number of hydrogen-bond donors (Lipinski definition) is 1. The van der Waals surface area contributed by atoms with Gasteiger partial charge < -0.3 is 14.5 Å². The summed E-state index contributed by atoms with van der Waals surface area (Å²) in [4.78, 5) is 0. The first kappa shape index (κ1) is 58.5. The van der Waals surface area contributed by atoms with Crippen molar-refractivity contribution in [1.82, 2.24) is 6.15 Å². The summed E-state index contributed by atoms with van der Waals surface area (Å²) in [5.41, 5.74) is 0. The van der Waals surface area contributed by atoms with Crippen molar-refractivity contribution in [3.63, 3.8) is 0 Å². The minimum atomic E-state index is 0. The summed E-state index contributed by atoms with van der Waals surface area (Å²) < 4.78 is 0. The van der Waals surface area contributed by atoms with Crippen LogP contribution in [0.15, 0.2) is 0 Å². The Morgan fingerprint density at radius 3 is 1.20 bits per heavy atom. The largest absolute Gasteiger partial charge is 2.00 e. The van der Waals surface area contributed by atoms with Gasteiger partial charge in [-0.3, -0.25) is 0 Å². The fraction of sp³-hybridized carbons (Fsp3) is 0. The van der Waals surface area contributed by atoms with Gasteiger partial charge in [-0.25, -0.2) is 0 Å². The molecule has 5 heavy (non-hydrogen) atoms. The normalized spacial score (nSPS) is 0. The summed E-state index contributed by atoms with van der Waals surface area (Å²) in [6.45, 7) is 0. The number of rotatable bonds is 0. The molecule has 2 nitrogen and oxygen atoms in total. The van der Waals surface area contributed by atoms with Crippen LogP contribution in [-0.2, 0) is 0 Å². The second-order valence-corrected chi connectivity index (χ2v) is 0. The smallest absolute Gasteiger partial charge is 1.00 e. The van der Waals surface area contributed by atoms with Gasteiger partial charge in [0, 0.05) is 0 Å². The molecule has 34 valence electrons. The average Bonchev–Trinajstić information content (AvgIpc) is 0. The van der Waals surface area contributed by atoms with E-state index in [0.717, 1.165) is 0 Å². The fourth-order valence-electron chi connectivity index (χ4n) is 0. The van der Waals surface area contributed by atoms with Crippen LogP contribution in [0, 0.1) is 0 Å². The van der Waals surface area contributed by atoms with Gasteiger partial charge in [-0.1, -0.05) is 0 Å². The fourth-order valence-corrected chi connectivity index (χ4v) is 0. The van der Waals surface area contributed by atoms with Crippen LogP contribution in [0.25, 0.3) is 0 Å². The van der Waals surface area contributed by atoms with Crippen LogP contribution in [-0.4, -0.2) is 79.3 Å². The van der Waals surface area contributed by atoms with Crippen LogP contribution in [0.4, 0.5) is 0 Å². The van der Waals surface area contributed by atoms with Crippen LogP contribution >= 0.6 is 0 Å². The van der Waals surface area contributed by atoms with E-state index < -0.39 is 0 Å². The summed E-state index contributed by atoms with van der Waals surface area (Å²) in [5.74, 6) is 0. The molecular weight excluding hydrogens is 173 g/mol. The summed E-state index contributed by atoms with van der Waals surface area (Å²) in [6.07, 6.45) is 0. The molecule has 0 saturated carbocycles. The van der Waals surface area contributed by atoms with Crippen LogP contribution in [0.5, 0.6) is 0 Å². The molecule has 5 N–H and O–H groups in total. The van der Waals surface area contributed by atoms with E-state index in [4.69, 9.17) is 0 Å². The molecular formula is H14AlNOSiSr. The van der Waals surface area contributed by atoms with Crippen molar-refractivity contribution in [2.75, 3.05) is 0 Å². The summed E-state index contributed by atoms with van der Waals surface area (Å²) >= 11 is 0. The molecule has 0 saturated heterocycles. The third-order valence-electron chi connectivity index (χ3n) is 0. The predicted octanol–water partition coefficient (Wildman–Crippen LogP) is -3.45. The Morgan fingerprint density at radius 2 is 1.20 bits per heavy atom. The van der Waals surface area contributed by atoms with Gasteiger partial charge in [0.25, 0.3) is 0 Å². The molecule has 0 amide bonds. The maximum Gasteiger partial charge on any atom is 2.00 e. The first-order valence-electron chi connectivity index (χ1n) is 0. The zero-order valence-corrected chi connectivity index (χ0v) is 5.39. The molecule has 0 fully saturated rings. The molecule has 0 bridgehead atoms. The monoisotopic (exact) mass is 187 g/mol. The van der Waals surface area contributed by atoms with Crippen molar-refractivity contribution in [2.24, 2.45) is 0 Å². The first-order valence-corrected chi connectivity index (χ1v) is 0. The van der Waals surface area contributed by atoms with Crippen LogP contribution < -0.4 is 6.15 Å². The minimum absolute atomic E-state index is 0. The molecule has 0 spiro atoms. The Hall–Kier alpha value is 2.15. The molecule has 0 unspecified atom stereocenters. The van der Waals surface area contributed by atoms with E-state index in [9.17, 15) is 0 Å². The molecule has 0 rings (SSSR count). The summed E-state index contributed by atoms with van der Waals surface area (Å²) in [5, 5.41) is 0. The SMILES string of the molecule is N.O.[AlH3].[H-].[H-].[SiH4].[Sr+2]. The molecule has 0 heterocycles. The van der Waals surface area contributed by atoms with Gasteiger partial charge in [-0.05, 0) is 11.0 Å². The second kappa shape index (κ2) is 35.3. The van der Waals surface area contributed by atoms with Crippen LogP contribution in [0.3, 0.4) is 0 Å². The molecule has 0 aliphatic rings. The summed E-state index contributed by atoms with van der Waals surface area (Å²) in [7, 11) is 0. The van der Waals surface area contributed by atoms with Gasteiger partial charge >= 0.3 is 45.5 Å². The summed E-state index contributed by atoms with van der Waals surface area (Å²) in [6, 6.07) is 0. The number of hydrogen-bond acceptors (Lipinski definition) is 1. The average molecular weight is 187 g/mol. The Morgan fingerprint density at radius 1 is 1.20 bits per heavy atom. The van der Waals surface area contributed by atoms with Gasteiger partial charge in [0.15, 0.2) is 17.4 Å². The molecule has 0 radical (unpaired) electrons. The minimum Gasteiger partial charge on any atom is -1.00 e. The predicted molar refractivity (Wildman–Crippen MR) is 37.9 cm³/mol. The van der Waals surface area contributed by atoms with Crippen LogP contribution in [0.2, 0.25) is 0 Å². The molecule has 0 aromatic carbocycles. The second-order valence-electron chi connectivity index (χ2n) is 0. The van der Waals surface area contributed by atoms with Crippen molar-refractivity contribution >= 4 is 73.8 Å². The Labute approximate surface area is 87.0 Å².